The first-order valence-corrected chi connectivity index (χ1v) is 5.70. The predicted molar refractivity (Wildman–Crippen MR) is 63.7 cm³/mol. The maximum Gasteiger partial charge on any atom is 0.159 e. The molecule has 0 saturated carbocycles. The molecule has 17 heavy (non-hydrogen) atoms. The van der Waals surface area contributed by atoms with E-state index in [2.05, 4.69) is 5.32 Å². The van der Waals surface area contributed by atoms with Gasteiger partial charge in [0.2, 0.25) is 0 Å². The zero-order valence-corrected chi connectivity index (χ0v) is 10.4. The molecule has 1 atom stereocenters. The molecule has 0 aliphatic carbocycles. The van der Waals surface area contributed by atoms with Gasteiger partial charge in [0.05, 0.1) is 5.60 Å². The Hall–Kier alpha value is -1.00. The van der Waals surface area contributed by atoms with Gasteiger partial charge in [0.15, 0.2) is 11.6 Å². The van der Waals surface area contributed by atoms with Crippen molar-refractivity contribution in [3.05, 3.63) is 35.4 Å². The third-order valence-corrected chi connectivity index (χ3v) is 2.63. The normalized spacial score (nSPS) is 13.8. The number of aliphatic hydroxyl groups is 1. The van der Waals surface area contributed by atoms with E-state index in [1.165, 1.54) is 6.07 Å². The zero-order chi connectivity index (χ0) is 13.1. The largest absolute Gasteiger partial charge is 0.390 e. The SMILES string of the molecule is CC(NCCC(C)(C)O)c1ccc(F)c(F)c1. The van der Waals surface area contributed by atoms with Crippen molar-refractivity contribution in [1.29, 1.82) is 0 Å². The molecule has 0 heterocycles. The summed E-state index contributed by atoms with van der Waals surface area (Å²) >= 11 is 0. The second kappa shape index (κ2) is 5.56. The zero-order valence-electron chi connectivity index (χ0n) is 10.4. The summed E-state index contributed by atoms with van der Waals surface area (Å²) in [5, 5.41) is 12.7. The van der Waals surface area contributed by atoms with Crippen molar-refractivity contribution in [2.45, 2.75) is 38.8 Å². The van der Waals surface area contributed by atoms with Gasteiger partial charge in [-0.05, 0) is 51.4 Å². The van der Waals surface area contributed by atoms with Gasteiger partial charge in [-0.3, -0.25) is 0 Å². The molecule has 96 valence electrons. The topological polar surface area (TPSA) is 32.3 Å². The molecule has 0 radical (unpaired) electrons. The standard InChI is InChI=1S/C13H19F2NO/c1-9(16-7-6-13(2,3)17)10-4-5-11(14)12(15)8-10/h4-5,8-9,16-17H,6-7H2,1-3H3. The molecule has 0 amide bonds. The Kier molecular flexibility index (Phi) is 4.60. The first-order chi connectivity index (χ1) is 7.79. The van der Waals surface area contributed by atoms with Crippen LogP contribution in [0.25, 0.3) is 0 Å². The Bertz CT molecular complexity index is 374. The molecule has 1 aromatic rings. The van der Waals surface area contributed by atoms with E-state index >= 15 is 0 Å². The first kappa shape index (κ1) is 14.1. The highest BCUT2D eigenvalue weighted by Crippen LogP contribution is 2.16. The number of nitrogens with one attached hydrogen (secondary N) is 1. The summed E-state index contributed by atoms with van der Waals surface area (Å²) in [6.07, 6.45) is 0.598. The lowest BCUT2D eigenvalue weighted by molar-refractivity contribution is 0.0705. The second-order valence-corrected chi connectivity index (χ2v) is 4.91. The summed E-state index contributed by atoms with van der Waals surface area (Å²) < 4.78 is 25.8. The van der Waals surface area contributed by atoms with Gasteiger partial charge in [-0.2, -0.15) is 0 Å². The highest BCUT2D eigenvalue weighted by Gasteiger charge is 2.13. The van der Waals surface area contributed by atoms with E-state index in [1.54, 1.807) is 19.9 Å². The minimum atomic E-state index is -0.836. The Labute approximate surface area is 101 Å². The molecule has 2 N–H and O–H groups in total. The van der Waals surface area contributed by atoms with Crippen LogP contribution in [-0.4, -0.2) is 17.3 Å². The van der Waals surface area contributed by atoms with E-state index in [9.17, 15) is 13.9 Å². The van der Waals surface area contributed by atoms with Gasteiger partial charge in [0, 0.05) is 6.04 Å². The monoisotopic (exact) mass is 243 g/mol. The lowest BCUT2D eigenvalue weighted by Crippen LogP contribution is -2.28. The number of rotatable bonds is 5. The Balaban J connectivity index is 2.52. The fraction of sp³-hybridized carbons (Fsp3) is 0.538. The van der Waals surface area contributed by atoms with Crippen LogP contribution in [0.4, 0.5) is 8.78 Å². The molecule has 0 fully saturated rings. The van der Waals surface area contributed by atoms with Crippen LogP contribution in [0.3, 0.4) is 0 Å². The first-order valence-electron chi connectivity index (χ1n) is 5.70. The van der Waals surface area contributed by atoms with Crippen LogP contribution in [0.15, 0.2) is 18.2 Å². The summed E-state index contributed by atoms with van der Waals surface area (Å²) in [4.78, 5) is 0. The van der Waals surface area contributed by atoms with E-state index in [-0.39, 0.29) is 6.04 Å². The molecule has 1 rings (SSSR count). The Morgan fingerprint density at radius 2 is 1.94 bits per heavy atom. The minimum absolute atomic E-state index is 0.0764. The van der Waals surface area contributed by atoms with E-state index in [0.717, 1.165) is 6.07 Å². The van der Waals surface area contributed by atoms with Crippen LogP contribution in [-0.2, 0) is 0 Å². The molecule has 0 bridgehead atoms. The van der Waals surface area contributed by atoms with Crippen molar-refractivity contribution in [3.63, 3.8) is 0 Å². The number of hydrogen-bond acceptors (Lipinski definition) is 2. The van der Waals surface area contributed by atoms with E-state index in [1.807, 2.05) is 6.92 Å². The summed E-state index contributed by atoms with van der Waals surface area (Å²) in [5.41, 5.74) is -0.0273. The third kappa shape index (κ3) is 4.79. The van der Waals surface area contributed by atoms with Gasteiger partial charge < -0.3 is 10.4 Å². The maximum atomic E-state index is 13.0. The molecule has 0 aromatic heterocycles. The number of benzene rings is 1. The molecule has 0 spiro atoms. The molecule has 2 nitrogen and oxygen atoms in total. The molecule has 4 heteroatoms. The lowest BCUT2D eigenvalue weighted by atomic mass is 10.0. The number of halogens is 2. The Morgan fingerprint density at radius 1 is 1.29 bits per heavy atom. The molecular formula is C13H19F2NO. The van der Waals surface area contributed by atoms with Gasteiger partial charge >= 0.3 is 0 Å². The van der Waals surface area contributed by atoms with Crippen LogP contribution in [0, 0.1) is 11.6 Å². The van der Waals surface area contributed by atoms with Crippen molar-refractivity contribution in [2.24, 2.45) is 0 Å². The van der Waals surface area contributed by atoms with Crippen molar-refractivity contribution >= 4 is 0 Å². The summed E-state index contributed by atoms with van der Waals surface area (Å²) in [6, 6.07) is 3.79. The third-order valence-electron chi connectivity index (χ3n) is 2.63. The fourth-order valence-electron chi connectivity index (χ4n) is 1.49. The van der Waals surface area contributed by atoms with Gasteiger partial charge in [-0.25, -0.2) is 8.78 Å². The second-order valence-electron chi connectivity index (χ2n) is 4.91. The number of hydrogen-bond donors (Lipinski definition) is 2. The van der Waals surface area contributed by atoms with E-state index < -0.39 is 17.2 Å². The van der Waals surface area contributed by atoms with Gasteiger partial charge in [-0.1, -0.05) is 6.07 Å². The van der Waals surface area contributed by atoms with Crippen LogP contribution in [0.1, 0.15) is 38.8 Å². The minimum Gasteiger partial charge on any atom is -0.390 e. The lowest BCUT2D eigenvalue weighted by Gasteiger charge is -2.20. The van der Waals surface area contributed by atoms with Crippen molar-refractivity contribution < 1.29 is 13.9 Å². The summed E-state index contributed by atoms with van der Waals surface area (Å²) in [6.45, 7) is 5.95. The quantitative estimate of drug-likeness (QED) is 0.833. The summed E-state index contributed by atoms with van der Waals surface area (Å²) in [7, 11) is 0. The van der Waals surface area contributed by atoms with Gasteiger partial charge in [0.25, 0.3) is 0 Å². The Morgan fingerprint density at radius 3 is 2.47 bits per heavy atom. The molecule has 0 aliphatic heterocycles. The molecule has 1 unspecified atom stereocenters. The molecule has 0 saturated heterocycles. The van der Waals surface area contributed by atoms with E-state index in [0.29, 0.717) is 18.5 Å². The van der Waals surface area contributed by atoms with Crippen LogP contribution in [0.5, 0.6) is 0 Å². The average Bonchev–Trinajstić information content (AvgIpc) is 2.20. The predicted octanol–water partition coefficient (Wildman–Crippen LogP) is 2.78. The average molecular weight is 243 g/mol. The fourth-order valence-corrected chi connectivity index (χ4v) is 1.49. The van der Waals surface area contributed by atoms with Crippen molar-refractivity contribution in [1.82, 2.24) is 5.32 Å². The molecule has 1 aromatic carbocycles. The smallest absolute Gasteiger partial charge is 0.159 e. The molecular weight excluding hydrogens is 224 g/mol. The maximum absolute atomic E-state index is 13.0. The highest BCUT2D eigenvalue weighted by molar-refractivity contribution is 5.20. The van der Waals surface area contributed by atoms with Crippen LogP contribution in [0.2, 0.25) is 0 Å². The van der Waals surface area contributed by atoms with E-state index in [4.69, 9.17) is 0 Å². The summed E-state index contributed by atoms with van der Waals surface area (Å²) in [5.74, 6) is -1.67. The highest BCUT2D eigenvalue weighted by atomic mass is 19.2. The van der Waals surface area contributed by atoms with Crippen LogP contribution < -0.4 is 5.32 Å². The van der Waals surface area contributed by atoms with Gasteiger partial charge in [-0.15, -0.1) is 0 Å². The van der Waals surface area contributed by atoms with Crippen molar-refractivity contribution in [3.8, 4) is 0 Å². The van der Waals surface area contributed by atoms with Crippen molar-refractivity contribution in [2.75, 3.05) is 6.54 Å². The van der Waals surface area contributed by atoms with Crippen LogP contribution >= 0.6 is 0 Å². The van der Waals surface area contributed by atoms with Gasteiger partial charge in [0.1, 0.15) is 0 Å². The molecule has 0 aliphatic rings.